The first kappa shape index (κ1) is 11.2. The van der Waals surface area contributed by atoms with Gasteiger partial charge < -0.3 is 5.32 Å². The number of nitrogens with one attached hydrogen (secondary N) is 1. The fourth-order valence-corrected chi connectivity index (χ4v) is 1.23. The van der Waals surface area contributed by atoms with Gasteiger partial charge in [0.15, 0.2) is 0 Å². The standard InChI is InChI=1S/C11H13BrFN/c1-8(2)5-6-14-9-3-4-10(12)11(13)7-9/h3-5,7,14H,6H2,1-2H3. The van der Waals surface area contributed by atoms with Crippen LogP contribution < -0.4 is 5.32 Å². The molecular formula is C11H13BrFN. The molecule has 14 heavy (non-hydrogen) atoms. The number of rotatable bonds is 3. The van der Waals surface area contributed by atoms with E-state index in [0.29, 0.717) is 4.47 Å². The maximum atomic E-state index is 13.1. The summed E-state index contributed by atoms with van der Waals surface area (Å²) < 4.78 is 13.6. The van der Waals surface area contributed by atoms with Crippen LogP contribution in [0.1, 0.15) is 13.8 Å². The minimum atomic E-state index is -0.243. The van der Waals surface area contributed by atoms with Crippen LogP contribution in [0.15, 0.2) is 34.3 Å². The minimum absolute atomic E-state index is 0.243. The lowest BCUT2D eigenvalue weighted by atomic mass is 10.3. The van der Waals surface area contributed by atoms with Gasteiger partial charge in [-0.25, -0.2) is 4.39 Å². The molecule has 1 rings (SSSR count). The maximum absolute atomic E-state index is 13.1. The number of hydrogen-bond donors (Lipinski definition) is 1. The van der Waals surface area contributed by atoms with Gasteiger partial charge in [0, 0.05) is 12.2 Å². The van der Waals surface area contributed by atoms with Crippen LogP contribution in [0.3, 0.4) is 0 Å². The molecule has 0 aromatic heterocycles. The van der Waals surface area contributed by atoms with E-state index in [1.165, 1.54) is 11.6 Å². The third kappa shape index (κ3) is 3.50. The van der Waals surface area contributed by atoms with E-state index in [9.17, 15) is 4.39 Å². The Kier molecular flexibility index (Phi) is 4.14. The van der Waals surface area contributed by atoms with Crippen molar-refractivity contribution in [3.63, 3.8) is 0 Å². The first-order chi connectivity index (χ1) is 6.59. The Labute approximate surface area is 92.1 Å². The monoisotopic (exact) mass is 257 g/mol. The predicted octanol–water partition coefficient (Wildman–Crippen LogP) is 3.97. The third-order valence-corrected chi connectivity index (χ3v) is 2.38. The van der Waals surface area contributed by atoms with E-state index in [-0.39, 0.29) is 5.82 Å². The molecule has 0 saturated carbocycles. The SMILES string of the molecule is CC(C)=CCNc1ccc(Br)c(F)c1. The molecule has 0 amide bonds. The summed E-state index contributed by atoms with van der Waals surface area (Å²) in [5.74, 6) is -0.243. The van der Waals surface area contributed by atoms with Gasteiger partial charge in [-0.3, -0.25) is 0 Å². The van der Waals surface area contributed by atoms with Crippen molar-refractivity contribution in [1.82, 2.24) is 0 Å². The molecule has 0 saturated heterocycles. The van der Waals surface area contributed by atoms with E-state index in [2.05, 4.69) is 27.3 Å². The molecule has 0 aliphatic carbocycles. The van der Waals surface area contributed by atoms with Gasteiger partial charge in [-0.2, -0.15) is 0 Å². The molecule has 76 valence electrons. The van der Waals surface area contributed by atoms with Gasteiger partial charge in [0.1, 0.15) is 5.82 Å². The Morgan fingerprint density at radius 2 is 2.21 bits per heavy atom. The van der Waals surface area contributed by atoms with Crippen molar-refractivity contribution in [2.24, 2.45) is 0 Å². The van der Waals surface area contributed by atoms with Gasteiger partial charge in [0.05, 0.1) is 4.47 Å². The number of halogens is 2. The highest BCUT2D eigenvalue weighted by Crippen LogP contribution is 2.19. The van der Waals surface area contributed by atoms with Crippen molar-refractivity contribution >= 4 is 21.6 Å². The Hall–Kier alpha value is -0.830. The zero-order chi connectivity index (χ0) is 10.6. The lowest BCUT2D eigenvalue weighted by Gasteiger charge is -2.04. The largest absolute Gasteiger partial charge is 0.381 e. The fraction of sp³-hybridized carbons (Fsp3) is 0.273. The van der Waals surface area contributed by atoms with E-state index >= 15 is 0 Å². The van der Waals surface area contributed by atoms with Gasteiger partial charge in [0.25, 0.3) is 0 Å². The molecule has 1 N–H and O–H groups in total. The van der Waals surface area contributed by atoms with Crippen LogP contribution in [-0.4, -0.2) is 6.54 Å². The second kappa shape index (κ2) is 5.15. The van der Waals surface area contributed by atoms with Crippen molar-refractivity contribution in [2.45, 2.75) is 13.8 Å². The average molecular weight is 258 g/mol. The van der Waals surface area contributed by atoms with Gasteiger partial charge in [-0.1, -0.05) is 11.6 Å². The normalized spacial score (nSPS) is 9.71. The summed E-state index contributed by atoms with van der Waals surface area (Å²) in [5.41, 5.74) is 2.04. The zero-order valence-corrected chi connectivity index (χ0v) is 9.86. The van der Waals surface area contributed by atoms with E-state index in [1.807, 2.05) is 19.9 Å². The highest BCUT2D eigenvalue weighted by atomic mass is 79.9. The van der Waals surface area contributed by atoms with E-state index in [0.717, 1.165) is 12.2 Å². The molecule has 3 heteroatoms. The first-order valence-electron chi connectivity index (χ1n) is 4.42. The number of hydrogen-bond acceptors (Lipinski definition) is 1. The Morgan fingerprint density at radius 1 is 1.50 bits per heavy atom. The molecule has 1 aromatic rings. The van der Waals surface area contributed by atoms with Crippen LogP contribution in [0.25, 0.3) is 0 Å². The molecule has 0 unspecified atom stereocenters. The van der Waals surface area contributed by atoms with Crippen molar-refractivity contribution in [2.75, 3.05) is 11.9 Å². The van der Waals surface area contributed by atoms with Crippen molar-refractivity contribution in [3.05, 3.63) is 40.1 Å². The molecule has 1 nitrogen and oxygen atoms in total. The number of allylic oxidation sites excluding steroid dienone is 1. The number of anilines is 1. The molecule has 0 heterocycles. The van der Waals surface area contributed by atoms with Crippen LogP contribution in [0.4, 0.5) is 10.1 Å². The lowest BCUT2D eigenvalue weighted by Crippen LogP contribution is -1.98. The summed E-state index contributed by atoms with van der Waals surface area (Å²) in [6.07, 6.45) is 2.06. The molecule has 0 spiro atoms. The van der Waals surface area contributed by atoms with Crippen LogP contribution in [-0.2, 0) is 0 Å². The summed E-state index contributed by atoms with van der Waals surface area (Å²) in [6, 6.07) is 5.01. The molecular weight excluding hydrogens is 245 g/mol. The Balaban J connectivity index is 2.60. The smallest absolute Gasteiger partial charge is 0.139 e. The molecule has 0 radical (unpaired) electrons. The quantitative estimate of drug-likeness (QED) is 0.809. The van der Waals surface area contributed by atoms with Crippen LogP contribution >= 0.6 is 15.9 Å². The summed E-state index contributed by atoms with van der Waals surface area (Å²) in [6.45, 7) is 4.79. The topological polar surface area (TPSA) is 12.0 Å². The summed E-state index contributed by atoms with van der Waals surface area (Å²) >= 11 is 3.11. The van der Waals surface area contributed by atoms with E-state index in [1.54, 1.807) is 6.07 Å². The molecule has 0 aliphatic heterocycles. The average Bonchev–Trinajstić information content (AvgIpc) is 2.10. The minimum Gasteiger partial charge on any atom is -0.381 e. The summed E-state index contributed by atoms with van der Waals surface area (Å²) in [5, 5.41) is 3.11. The maximum Gasteiger partial charge on any atom is 0.139 e. The summed E-state index contributed by atoms with van der Waals surface area (Å²) in [4.78, 5) is 0. The highest BCUT2D eigenvalue weighted by molar-refractivity contribution is 9.10. The van der Waals surface area contributed by atoms with Crippen LogP contribution in [0.5, 0.6) is 0 Å². The third-order valence-electron chi connectivity index (χ3n) is 1.74. The molecule has 0 fully saturated rings. The summed E-state index contributed by atoms with van der Waals surface area (Å²) in [7, 11) is 0. The van der Waals surface area contributed by atoms with Gasteiger partial charge >= 0.3 is 0 Å². The zero-order valence-electron chi connectivity index (χ0n) is 8.27. The van der Waals surface area contributed by atoms with Gasteiger partial charge in [-0.15, -0.1) is 0 Å². The Bertz CT molecular complexity index is 343. The van der Waals surface area contributed by atoms with Crippen molar-refractivity contribution in [1.29, 1.82) is 0 Å². The van der Waals surface area contributed by atoms with E-state index in [4.69, 9.17) is 0 Å². The second-order valence-electron chi connectivity index (χ2n) is 3.29. The lowest BCUT2D eigenvalue weighted by molar-refractivity contribution is 0.621. The van der Waals surface area contributed by atoms with Crippen molar-refractivity contribution in [3.8, 4) is 0 Å². The molecule has 0 atom stereocenters. The predicted molar refractivity (Wildman–Crippen MR) is 62.0 cm³/mol. The van der Waals surface area contributed by atoms with Crippen molar-refractivity contribution < 1.29 is 4.39 Å². The molecule has 1 aromatic carbocycles. The fourth-order valence-electron chi connectivity index (χ4n) is 0.979. The van der Waals surface area contributed by atoms with Crippen LogP contribution in [0.2, 0.25) is 0 Å². The van der Waals surface area contributed by atoms with Gasteiger partial charge in [-0.05, 0) is 48.0 Å². The molecule has 0 bridgehead atoms. The molecule has 0 aliphatic rings. The van der Waals surface area contributed by atoms with Crippen LogP contribution in [0, 0.1) is 5.82 Å². The number of benzene rings is 1. The second-order valence-corrected chi connectivity index (χ2v) is 4.15. The Morgan fingerprint density at radius 3 is 2.79 bits per heavy atom. The first-order valence-corrected chi connectivity index (χ1v) is 5.21. The van der Waals surface area contributed by atoms with E-state index < -0.39 is 0 Å². The highest BCUT2D eigenvalue weighted by Gasteiger charge is 1.98. The van der Waals surface area contributed by atoms with Gasteiger partial charge in [0.2, 0.25) is 0 Å².